The maximum absolute atomic E-state index is 2.12. The molecule has 0 rings (SSSR count). The van der Waals surface area contributed by atoms with E-state index >= 15 is 0 Å². The van der Waals surface area contributed by atoms with Crippen molar-refractivity contribution in [2.45, 2.75) is 27.7 Å². The van der Waals surface area contributed by atoms with E-state index in [0.717, 1.165) is 0 Å². The maximum Gasteiger partial charge on any atom is 2.00 e. The number of hydrogen-bond donors (Lipinski definition) is 0. The van der Waals surface area contributed by atoms with Crippen molar-refractivity contribution in [2.24, 2.45) is 0 Å². The van der Waals surface area contributed by atoms with Gasteiger partial charge in [-0.15, -0.1) is 0 Å². The van der Waals surface area contributed by atoms with Crippen LogP contribution in [-0.4, -0.2) is 0 Å². The van der Waals surface area contributed by atoms with Crippen molar-refractivity contribution < 1.29 is 70.7 Å². The molecule has 0 heterocycles. The molecule has 0 bridgehead atoms. The van der Waals surface area contributed by atoms with Crippen molar-refractivity contribution in [3.05, 3.63) is 44.6 Å². The van der Waals surface area contributed by atoms with Crippen LogP contribution in [0.2, 0.25) is 0 Å². The van der Waals surface area contributed by atoms with Gasteiger partial charge in [-0.2, -0.15) is 0 Å². The quantitative estimate of drug-likeness (QED) is 0.342. The predicted octanol–water partition coefficient (Wildman–Crippen LogP) is 4.75. The van der Waals surface area contributed by atoms with Crippen LogP contribution < -0.4 is 0 Å². The Hall–Kier alpha value is 2.32. The monoisotopic (exact) mass is 623 g/mol. The molecule has 0 aliphatic carbocycles. The molecular formula is C10H30UVW. The summed E-state index contributed by atoms with van der Waals surface area (Å²) in [5.41, 5.74) is 0. The van der Waals surface area contributed by atoms with Gasteiger partial charge in [0.1, 0.15) is 0 Å². The Morgan fingerprint density at radius 1 is 0.692 bits per heavy atom. The molecule has 0 amide bonds. The second-order valence-electron chi connectivity index (χ2n) is 0.707. The first kappa shape index (κ1) is 168. The van der Waals surface area contributed by atoms with Gasteiger partial charge in [0.2, 0.25) is 0 Å². The number of hydrogen-bond acceptors (Lipinski definition) is 0. The normalized spacial score (nSPS) is 1.38. The molecular weight excluding hydrogens is 593 g/mol. The fourth-order valence-corrected chi connectivity index (χ4v) is 0. The summed E-state index contributed by atoms with van der Waals surface area (Å²) in [5.74, 6) is 0. The van der Waals surface area contributed by atoms with E-state index in [-0.39, 0.29) is 123 Å². The van der Waals surface area contributed by atoms with Gasteiger partial charge in [0, 0.05) is 0 Å². The maximum atomic E-state index is 2.12. The van der Waals surface area contributed by atoms with Gasteiger partial charge >= 0.3 is 70.7 Å². The van der Waals surface area contributed by atoms with Gasteiger partial charge in [0.25, 0.3) is 0 Å². The van der Waals surface area contributed by atoms with Crippen LogP contribution in [0.1, 0.15) is 27.7 Å². The largest absolute Gasteiger partial charge is 2.00 e. The molecule has 0 aromatic carbocycles. The average molecular weight is 623 g/mol. The molecule has 0 saturated carbocycles. The van der Waals surface area contributed by atoms with E-state index in [9.17, 15) is 0 Å². The summed E-state index contributed by atoms with van der Waals surface area (Å²) in [6.07, 6.45) is 1.25. The standard InChI is InChI=1S/C3H8.CH4.6CH3.U.V.W/c1-3-2;;;;;;;;;;/h3H2,1-2H3;1H4;6*1H3;;;/q;;6*-1;3*+2. The van der Waals surface area contributed by atoms with Crippen molar-refractivity contribution in [1.82, 2.24) is 0 Å². The molecule has 0 fully saturated rings. The second kappa shape index (κ2) is 230. The van der Waals surface area contributed by atoms with E-state index in [1.165, 1.54) is 6.42 Å². The molecule has 0 aliphatic heterocycles. The molecule has 0 aromatic heterocycles. The van der Waals surface area contributed by atoms with Crippen LogP contribution in [0.15, 0.2) is 0 Å². The average Bonchev–Trinajstić information content (AvgIpc) is 0.918. The van der Waals surface area contributed by atoms with Gasteiger partial charge in [0.15, 0.2) is 0 Å². The fraction of sp³-hybridized carbons (Fsp3) is 0.400. The molecule has 0 spiro atoms. The summed E-state index contributed by atoms with van der Waals surface area (Å²) in [6, 6.07) is 0. The van der Waals surface area contributed by atoms with Gasteiger partial charge in [0.05, 0.1) is 0 Å². The predicted molar refractivity (Wildman–Crippen MR) is 61.2 cm³/mol. The molecule has 0 N–H and O–H groups in total. The summed E-state index contributed by atoms with van der Waals surface area (Å²) >= 11 is 0. The van der Waals surface area contributed by atoms with E-state index in [2.05, 4.69) is 13.8 Å². The Labute approximate surface area is 141 Å². The molecule has 3 heteroatoms. The molecule has 85 valence electrons. The first-order valence-electron chi connectivity index (χ1n) is 1.41. The Morgan fingerprint density at radius 3 is 0.692 bits per heavy atom. The van der Waals surface area contributed by atoms with Crippen LogP contribution in [0, 0.1) is 75.7 Å². The fourth-order valence-electron chi connectivity index (χ4n) is 0. The van der Waals surface area contributed by atoms with E-state index in [1.54, 1.807) is 0 Å². The van der Waals surface area contributed by atoms with Crippen LogP contribution in [-0.2, 0) is 39.6 Å². The van der Waals surface area contributed by atoms with Gasteiger partial charge in [-0.3, -0.25) is 0 Å². The van der Waals surface area contributed by atoms with Crippen molar-refractivity contribution in [3.63, 3.8) is 0 Å². The Morgan fingerprint density at radius 2 is 0.692 bits per heavy atom. The van der Waals surface area contributed by atoms with E-state index in [0.29, 0.717) is 0 Å². The summed E-state index contributed by atoms with van der Waals surface area (Å²) in [6.45, 7) is 4.25. The summed E-state index contributed by atoms with van der Waals surface area (Å²) in [4.78, 5) is 0. The Balaban J connectivity index is -0.000000000444. The van der Waals surface area contributed by atoms with Crippen LogP contribution >= 0.6 is 0 Å². The van der Waals surface area contributed by atoms with Crippen molar-refractivity contribution in [3.8, 4) is 0 Å². The SMILES string of the molecule is C.CCC.[CH3-].[CH3-].[CH3-].[CH3-].[CH3-].[CH3-].[U+2].[V+2].[W+2]. The summed E-state index contributed by atoms with van der Waals surface area (Å²) in [5, 5.41) is 0. The molecule has 13 heavy (non-hydrogen) atoms. The molecule has 0 nitrogen and oxygen atoms in total. The summed E-state index contributed by atoms with van der Waals surface area (Å²) in [7, 11) is 0. The van der Waals surface area contributed by atoms with Crippen LogP contribution in [0.4, 0.5) is 0 Å². The molecule has 0 aliphatic rings. The molecule has 0 aromatic rings. The van der Waals surface area contributed by atoms with Gasteiger partial charge in [-0.1, -0.05) is 27.7 Å². The number of rotatable bonds is 0. The smallest absolute Gasteiger partial charge is 0.358 e. The summed E-state index contributed by atoms with van der Waals surface area (Å²) < 4.78 is 0. The molecule has 0 atom stereocenters. The minimum atomic E-state index is 0. The second-order valence-corrected chi connectivity index (χ2v) is 0.707. The third-order valence-corrected chi connectivity index (χ3v) is 0. The van der Waals surface area contributed by atoms with Gasteiger partial charge in [-0.05, 0) is 0 Å². The third-order valence-electron chi connectivity index (χ3n) is 0. The molecule has 0 unspecified atom stereocenters. The molecule has 0 saturated heterocycles. The molecule has 1 radical (unpaired) electrons. The first-order chi connectivity index (χ1) is 1.41. The Kier molecular flexibility index (Phi) is 2980. The zero-order chi connectivity index (χ0) is 2.71. The van der Waals surface area contributed by atoms with Crippen molar-refractivity contribution in [2.75, 3.05) is 0 Å². The zero-order valence-electron chi connectivity index (χ0n) is 10.1. The Bertz CT molecular complexity index is 14.9. The van der Waals surface area contributed by atoms with Crippen LogP contribution in [0.25, 0.3) is 0 Å². The first-order valence-corrected chi connectivity index (χ1v) is 1.41. The van der Waals surface area contributed by atoms with Crippen molar-refractivity contribution in [1.29, 1.82) is 0 Å². The minimum Gasteiger partial charge on any atom is -0.358 e. The van der Waals surface area contributed by atoms with Crippen LogP contribution in [0.5, 0.6) is 0 Å². The van der Waals surface area contributed by atoms with Crippen molar-refractivity contribution >= 4 is 0 Å². The third kappa shape index (κ3) is 403. The van der Waals surface area contributed by atoms with Gasteiger partial charge in [-0.25, -0.2) is 0 Å². The van der Waals surface area contributed by atoms with E-state index in [4.69, 9.17) is 0 Å². The van der Waals surface area contributed by atoms with E-state index < -0.39 is 0 Å². The zero-order valence-corrected chi connectivity index (χ0v) is 18.6. The minimum absolute atomic E-state index is 0. The van der Waals surface area contributed by atoms with E-state index in [1.807, 2.05) is 0 Å². The topological polar surface area (TPSA) is 0 Å². The van der Waals surface area contributed by atoms with Gasteiger partial charge < -0.3 is 44.6 Å². The van der Waals surface area contributed by atoms with Crippen LogP contribution in [0.3, 0.4) is 0 Å².